The zero-order valence-corrected chi connectivity index (χ0v) is 11.9. The normalized spacial score (nSPS) is 10.8. The highest BCUT2D eigenvalue weighted by Gasteiger charge is 2.07. The van der Waals surface area contributed by atoms with Gasteiger partial charge < -0.3 is 5.32 Å². The summed E-state index contributed by atoms with van der Waals surface area (Å²) in [6.45, 7) is 6.30. The lowest BCUT2D eigenvalue weighted by atomic mass is 10.1. The highest BCUT2D eigenvalue weighted by Crippen LogP contribution is 2.27. The molecule has 96 valence electrons. The van der Waals surface area contributed by atoms with Gasteiger partial charge in [0.25, 0.3) is 0 Å². The van der Waals surface area contributed by atoms with Crippen LogP contribution in [0.15, 0.2) is 29.6 Å². The zero-order chi connectivity index (χ0) is 12.8. The van der Waals surface area contributed by atoms with E-state index in [0.717, 1.165) is 36.6 Å². The maximum Gasteiger partial charge on any atom is 0.123 e. The Morgan fingerprint density at radius 1 is 1.22 bits per heavy atom. The van der Waals surface area contributed by atoms with Crippen LogP contribution in [-0.4, -0.2) is 11.5 Å². The summed E-state index contributed by atoms with van der Waals surface area (Å²) in [5.41, 5.74) is 3.81. The molecule has 0 fully saturated rings. The topological polar surface area (TPSA) is 24.9 Å². The van der Waals surface area contributed by atoms with E-state index in [0.29, 0.717) is 0 Å². The Balaban J connectivity index is 2.13. The van der Waals surface area contributed by atoms with Crippen molar-refractivity contribution in [2.45, 2.75) is 33.2 Å². The third-order valence-electron chi connectivity index (χ3n) is 2.91. The number of hydrogen-bond acceptors (Lipinski definition) is 3. The molecular weight excluding hydrogens is 240 g/mol. The van der Waals surface area contributed by atoms with Crippen molar-refractivity contribution >= 4 is 11.3 Å². The molecule has 0 aliphatic heterocycles. The van der Waals surface area contributed by atoms with Crippen molar-refractivity contribution in [1.29, 1.82) is 0 Å². The second-order valence-corrected chi connectivity index (χ2v) is 5.19. The van der Waals surface area contributed by atoms with Gasteiger partial charge in [0.2, 0.25) is 0 Å². The average molecular weight is 260 g/mol. The van der Waals surface area contributed by atoms with Crippen molar-refractivity contribution in [3.05, 3.63) is 40.9 Å². The minimum atomic E-state index is 0.874. The lowest BCUT2D eigenvalue weighted by Gasteiger charge is -2.03. The van der Waals surface area contributed by atoms with Crippen LogP contribution in [0.4, 0.5) is 0 Å². The van der Waals surface area contributed by atoms with Gasteiger partial charge in [-0.1, -0.05) is 38.1 Å². The molecule has 2 rings (SSSR count). The molecule has 0 aliphatic carbocycles. The first kappa shape index (κ1) is 13.2. The van der Waals surface area contributed by atoms with Crippen molar-refractivity contribution in [2.75, 3.05) is 6.54 Å². The number of benzene rings is 1. The number of aryl methyl sites for hydroxylation is 1. The Morgan fingerprint density at radius 2 is 2.06 bits per heavy atom. The average Bonchev–Trinajstić information content (AvgIpc) is 2.88. The van der Waals surface area contributed by atoms with Gasteiger partial charge >= 0.3 is 0 Å². The highest BCUT2D eigenvalue weighted by atomic mass is 32.1. The first-order valence-corrected chi connectivity index (χ1v) is 7.46. The van der Waals surface area contributed by atoms with Gasteiger partial charge in [-0.2, -0.15) is 0 Å². The highest BCUT2D eigenvalue weighted by molar-refractivity contribution is 7.13. The van der Waals surface area contributed by atoms with E-state index in [2.05, 4.69) is 48.8 Å². The van der Waals surface area contributed by atoms with Crippen molar-refractivity contribution in [3.63, 3.8) is 0 Å². The predicted molar refractivity (Wildman–Crippen MR) is 78.9 cm³/mol. The number of aromatic nitrogens is 1. The molecule has 2 nitrogen and oxygen atoms in total. The summed E-state index contributed by atoms with van der Waals surface area (Å²) in [6.07, 6.45) is 2.22. The van der Waals surface area contributed by atoms with E-state index in [1.165, 1.54) is 11.1 Å². The quantitative estimate of drug-likeness (QED) is 0.797. The van der Waals surface area contributed by atoms with E-state index < -0.39 is 0 Å². The van der Waals surface area contributed by atoms with Crippen LogP contribution < -0.4 is 5.32 Å². The summed E-state index contributed by atoms with van der Waals surface area (Å²) >= 11 is 1.74. The fourth-order valence-electron chi connectivity index (χ4n) is 1.94. The molecule has 0 bridgehead atoms. The van der Waals surface area contributed by atoms with Gasteiger partial charge in [0.15, 0.2) is 0 Å². The largest absolute Gasteiger partial charge is 0.311 e. The molecule has 1 aromatic carbocycles. The van der Waals surface area contributed by atoms with Gasteiger partial charge in [-0.3, -0.25) is 0 Å². The van der Waals surface area contributed by atoms with Crippen LogP contribution in [0.5, 0.6) is 0 Å². The van der Waals surface area contributed by atoms with Crippen molar-refractivity contribution < 1.29 is 0 Å². The number of thiazole rings is 1. The second kappa shape index (κ2) is 6.66. The lowest BCUT2D eigenvalue weighted by Crippen LogP contribution is -2.13. The van der Waals surface area contributed by atoms with Gasteiger partial charge in [0, 0.05) is 17.5 Å². The van der Waals surface area contributed by atoms with Crippen molar-refractivity contribution in [2.24, 2.45) is 0 Å². The molecule has 0 unspecified atom stereocenters. The van der Waals surface area contributed by atoms with Crippen LogP contribution in [0.3, 0.4) is 0 Å². The molecule has 1 heterocycles. The third-order valence-corrected chi connectivity index (χ3v) is 3.84. The molecule has 1 N–H and O–H groups in total. The summed E-state index contributed by atoms with van der Waals surface area (Å²) < 4.78 is 0. The number of hydrogen-bond donors (Lipinski definition) is 1. The van der Waals surface area contributed by atoms with E-state index in [4.69, 9.17) is 4.98 Å². The smallest absolute Gasteiger partial charge is 0.123 e. The third kappa shape index (κ3) is 3.18. The fourth-order valence-corrected chi connectivity index (χ4v) is 2.82. The summed E-state index contributed by atoms with van der Waals surface area (Å²) in [5.74, 6) is 0. The first-order chi connectivity index (χ1) is 8.85. The summed E-state index contributed by atoms with van der Waals surface area (Å²) in [4.78, 5) is 4.72. The minimum Gasteiger partial charge on any atom is -0.311 e. The molecule has 3 heteroatoms. The summed E-state index contributed by atoms with van der Waals surface area (Å²) in [6, 6.07) is 8.54. The standard InChI is InChI=1S/C15H20N2S/c1-3-9-16-10-13-11-18-15(17-13)14-8-6-5-7-12(14)4-2/h5-8,11,16H,3-4,9-10H2,1-2H3. The van der Waals surface area contributed by atoms with E-state index in [1.54, 1.807) is 11.3 Å². The lowest BCUT2D eigenvalue weighted by molar-refractivity contribution is 0.667. The van der Waals surface area contributed by atoms with Crippen molar-refractivity contribution in [1.82, 2.24) is 10.3 Å². The van der Waals surface area contributed by atoms with Gasteiger partial charge in [0.1, 0.15) is 5.01 Å². The number of nitrogens with one attached hydrogen (secondary N) is 1. The number of rotatable bonds is 6. The molecule has 0 saturated carbocycles. The SMILES string of the molecule is CCCNCc1csc(-c2ccccc2CC)n1. The Kier molecular flexibility index (Phi) is 4.90. The van der Waals surface area contributed by atoms with Gasteiger partial charge in [-0.25, -0.2) is 4.98 Å². The van der Waals surface area contributed by atoms with E-state index in [-0.39, 0.29) is 0 Å². The molecule has 18 heavy (non-hydrogen) atoms. The molecule has 2 aromatic rings. The van der Waals surface area contributed by atoms with Gasteiger partial charge in [0.05, 0.1) is 5.69 Å². The monoisotopic (exact) mass is 260 g/mol. The molecular formula is C15H20N2S. The molecule has 0 amide bonds. The van der Waals surface area contributed by atoms with Crippen LogP contribution in [0, 0.1) is 0 Å². The fraction of sp³-hybridized carbons (Fsp3) is 0.400. The Bertz CT molecular complexity index is 491. The van der Waals surface area contributed by atoms with Crippen LogP contribution in [-0.2, 0) is 13.0 Å². The zero-order valence-electron chi connectivity index (χ0n) is 11.1. The molecule has 0 aliphatic rings. The first-order valence-electron chi connectivity index (χ1n) is 6.58. The second-order valence-electron chi connectivity index (χ2n) is 4.33. The van der Waals surface area contributed by atoms with Crippen LogP contribution >= 0.6 is 11.3 Å². The maximum atomic E-state index is 4.72. The van der Waals surface area contributed by atoms with Crippen LogP contribution in [0.25, 0.3) is 10.6 Å². The summed E-state index contributed by atoms with van der Waals surface area (Å²) in [7, 11) is 0. The maximum absolute atomic E-state index is 4.72. The van der Waals surface area contributed by atoms with Gasteiger partial charge in [-0.15, -0.1) is 11.3 Å². The summed E-state index contributed by atoms with van der Waals surface area (Å²) in [5, 5.41) is 6.69. The van der Waals surface area contributed by atoms with Gasteiger partial charge in [-0.05, 0) is 24.9 Å². The van der Waals surface area contributed by atoms with E-state index >= 15 is 0 Å². The Hall–Kier alpha value is -1.19. The van der Waals surface area contributed by atoms with E-state index in [9.17, 15) is 0 Å². The number of nitrogens with zero attached hydrogens (tertiary/aromatic N) is 1. The predicted octanol–water partition coefficient (Wildman–Crippen LogP) is 3.87. The van der Waals surface area contributed by atoms with Crippen LogP contribution in [0.2, 0.25) is 0 Å². The van der Waals surface area contributed by atoms with Crippen LogP contribution in [0.1, 0.15) is 31.5 Å². The molecule has 0 atom stereocenters. The molecule has 0 saturated heterocycles. The van der Waals surface area contributed by atoms with E-state index in [1.807, 2.05) is 0 Å². The Labute approximate surface area is 113 Å². The minimum absolute atomic E-state index is 0.874. The van der Waals surface area contributed by atoms with Crippen molar-refractivity contribution in [3.8, 4) is 10.6 Å². The molecule has 1 aromatic heterocycles. The Morgan fingerprint density at radius 3 is 2.83 bits per heavy atom. The molecule has 0 radical (unpaired) electrons. The molecule has 0 spiro atoms.